The number of fused-ring (bicyclic) bond motifs is 3. The Morgan fingerprint density at radius 2 is 0.725 bits per heavy atom. The second kappa shape index (κ2) is 29.7. The predicted octanol–water partition coefficient (Wildman–Crippen LogP) is 13.2. The van der Waals surface area contributed by atoms with Gasteiger partial charge in [-0.2, -0.15) is 56.9 Å². The molecular weight excluding hydrogens is 1410 g/mol. The van der Waals surface area contributed by atoms with Gasteiger partial charge in [-0.15, -0.1) is 0 Å². The number of Topliss-reactive ketones (excluding diaryl/α,β-unsaturated/α-hetero) is 3. The molecule has 3 aliphatic carbocycles. The summed E-state index contributed by atoms with van der Waals surface area (Å²) in [6.07, 6.45) is 23.3. The summed E-state index contributed by atoms with van der Waals surface area (Å²) in [6.45, 7) is -9.25. The number of hydrogen-bond donors (Lipinski definition) is 3. The fourth-order valence-electron chi connectivity index (χ4n) is 11.9. The van der Waals surface area contributed by atoms with Crippen molar-refractivity contribution in [3.63, 3.8) is 0 Å². The lowest BCUT2D eigenvalue weighted by atomic mass is 10.1. The number of hydrogen-bond acceptors (Lipinski definition) is 18. The average molecular weight is 1460 g/mol. The highest BCUT2D eigenvalue weighted by molar-refractivity contribution is 6.31. The number of benzene rings is 3. The number of halogens is 9. The number of nitrogens with zero attached hydrogens (tertiary/aromatic N) is 15. The zero-order chi connectivity index (χ0) is 71.5. The Bertz CT molecular complexity index is 4710. The smallest absolute Gasteiger partial charge is 0.387 e. The molecule has 36 heteroatoms. The quantitative estimate of drug-likeness (QED) is 0.0672. The molecule has 0 aliphatic heterocycles. The maximum absolute atomic E-state index is 13.1. The van der Waals surface area contributed by atoms with E-state index in [-0.39, 0.29) is 117 Å². The van der Waals surface area contributed by atoms with Crippen molar-refractivity contribution in [2.45, 2.75) is 95.7 Å². The zero-order valence-electron chi connectivity index (χ0n) is 52.5. The van der Waals surface area contributed by atoms with Crippen LogP contribution in [-0.4, -0.2) is 128 Å². The number of ether oxygens (including phenoxy) is 3. The highest BCUT2D eigenvalue weighted by Gasteiger charge is 2.34. The minimum atomic E-state index is -3.08. The van der Waals surface area contributed by atoms with Gasteiger partial charge in [0.2, 0.25) is 0 Å². The van der Waals surface area contributed by atoms with Gasteiger partial charge in [0.15, 0.2) is 34.3 Å². The number of amides is 3. The first-order valence-electron chi connectivity index (χ1n) is 31.1. The second-order valence-corrected chi connectivity index (χ2v) is 24.3. The number of ketones is 3. The molecule has 102 heavy (non-hydrogen) atoms. The fourth-order valence-corrected chi connectivity index (χ4v) is 12.5. The maximum atomic E-state index is 13.1. The van der Waals surface area contributed by atoms with E-state index in [1.165, 1.54) is 138 Å². The first kappa shape index (κ1) is 68.9. The Balaban J connectivity index is 0.000000137. The second-order valence-electron chi connectivity index (χ2n) is 23.0. The molecule has 15 rings (SSSR count). The summed E-state index contributed by atoms with van der Waals surface area (Å²) in [5, 5.41) is 34.8. The number of alkyl halides is 6. The summed E-state index contributed by atoms with van der Waals surface area (Å²) in [7, 11) is 0. The van der Waals surface area contributed by atoms with Crippen molar-refractivity contribution in [2.75, 3.05) is 16.0 Å². The van der Waals surface area contributed by atoms with Crippen LogP contribution in [0.2, 0.25) is 15.1 Å². The molecule has 0 bridgehead atoms. The van der Waals surface area contributed by atoms with E-state index in [1.807, 2.05) is 0 Å². The Morgan fingerprint density at radius 3 is 0.980 bits per heavy atom. The minimum absolute atomic E-state index is 0.00824. The number of anilines is 3. The van der Waals surface area contributed by atoms with Crippen LogP contribution in [0.25, 0.3) is 50.7 Å². The van der Waals surface area contributed by atoms with Gasteiger partial charge >= 0.3 is 19.8 Å². The van der Waals surface area contributed by atoms with Crippen LogP contribution in [0.5, 0.6) is 17.2 Å². The van der Waals surface area contributed by atoms with E-state index in [9.17, 15) is 55.1 Å². The van der Waals surface area contributed by atoms with Gasteiger partial charge in [-0.25, -0.2) is 28.5 Å². The highest BCUT2D eigenvalue weighted by atomic mass is 35.5. The normalized spacial score (nSPS) is 15.9. The standard InChI is InChI=1S/3C22H17ClF2N6O3/c3*23-12-5-6-18(34-22(24)25)13(9-12)19-15(11-31(29-19)16-3-1-4-17(16)32)28-21(33)14-10-27-30-8-2-7-26-20(14)30/h3*2,5-11,16,22H,1,3-4H2,(H,28,33)/t2*16-;/m10./s1. The van der Waals surface area contributed by atoms with Crippen molar-refractivity contribution >= 4 is 104 Å². The van der Waals surface area contributed by atoms with Crippen molar-refractivity contribution in [3.05, 3.63) is 179 Å². The molecule has 3 aromatic carbocycles. The van der Waals surface area contributed by atoms with Crippen LogP contribution in [-0.2, 0) is 14.4 Å². The van der Waals surface area contributed by atoms with Gasteiger partial charge < -0.3 is 30.2 Å². The molecule has 1 unspecified atom stereocenters. The average Bonchev–Trinajstić information content (AvgIpc) is 1.64. The van der Waals surface area contributed by atoms with Crippen LogP contribution < -0.4 is 30.2 Å². The Labute approximate surface area is 585 Å². The van der Waals surface area contributed by atoms with Crippen molar-refractivity contribution in [2.24, 2.45) is 0 Å². The molecule has 3 N–H and O–H groups in total. The van der Waals surface area contributed by atoms with Crippen molar-refractivity contribution in [1.82, 2.24) is 73.1 Å². The van der Waals surface area contributed by atoms with Crippen LogP contribution in [0.3, 0.4) is 0 Å². The minimum Gasteiger partial charge on any atom is -0.434 e. The van der Waals surface area contributed by atoms with Crippen LogP contribution in [0.1, 0.15) is 107 Å². The zero-order valence-corrected chi connectivity index (χ0v) is 54.7. The van der Waals surface area contributed by atoms with Gasteiger partial charge in [0.1, 0.15) is 69.1 Å². The van der Waals surface area contributed by atoms with Gasteiger partial charge in [0.05, 0.1) is 54.2 Å². The molecule has 522 valence electrons. The van der Waals surface area contributed by atoms with Gasteiger partial charge in [0.25, 0.3) is 17.7 Å². The number of carbonyl (C=O) groups is 6. The highest BCUT2D eigenvalue weighted by Crippen LogP contribution is 2.43. The van der Waals surface area contributed by atoms with Crippen LogP contribution >= 0.6 is 34.8 Å². The third-order valence-corrected chi connectivity index (χ3v) is 17.2. The van der Waals surface area contributed by atoms with Gasteiger partial charge in [-0.3, -0.25) is 42.8 Å². The molecule has 3 fully saturated rings. The summed E-state index contributed by atoms with van der Waals surface area (Å²) in [6, 6.07) is 15.8. The van der Waals surface area contributed by atoms with Crippen molar-refractivity contribution < 1.29 is 69.3 Å². The van der Waals surface area contributed by atoms with Crippen LogP contribution in [0.4, 0.5) is 43.4 Å². The first-order valence-corrected chi connectivity index (χ1v) is 32.2. The number of rotatable bonds is 18. The molecule has 3 saturated carbocycles. The molecule has 3 aliphatic rings. The van der Waals surface area contributed by atoms with Crippen LogP contribution in [0, 0.1) is 0 Å². The maximum Gasteiger partial charge on any atom is 0.387 e. The summed E-state index contributed by atoms with van der Waals surface area (Å²) >= 11 is 18.4. The summed E-state index contributed by atoms with van der Waals surface area (Å²) in [5.74, 6) is -2.10. The lowest BCUT2D eigenvalue weighted by molar-refractivity contribution is -0.121. The molecule has 0 saturated heterocycles. The Hall–Kier alpha value is -11.6. The molecule has 3 amide bonds. The molecule has 9 aromatic heterocycles. The summed E-state index contributed by atoms with van der Waals surface area (Å²) in [5.41, 5.74) is 3.04. The van der Waals surface area contributed by atoms with Crippen LogP contribution in [0.15, 0.2) is 147 Å². The third kappa shape index (κ3) is 14.8. The SMILES string of the molecule is O=C(Nc1cn(C2CCCC2=O)nc1-c1cc(Cl)ccc1OC(F)F)c1cnn2cccnc12.O=C(Nc1cn([C@@H]2CCCC2=O)nc1-c1cc(Cl)ccc1OC(F)F)c1cnn2cccnc12.O=C(Nc1cn([C@H]2CCCC2=O)nc1-c1cc(Cl)ccc1OC(F)F)c1cnn2cccnc12. The van der Waals surface area contributed by atoms with E-state index in [2.05, 4.69) is 75.7 Å². The van der Waals surface area contributed by atoms with Gasteiger partial charge in [-0.05, 0) is 111 Å². The monoisotopic (exact) mass is 1460 g/mol. The topological polar surface area (TPSA) is 310 Å². The van der Waals surface area contributed by atoms with E-state index in [0.29, 0.717) is 74.7 Å². The number of nitrogens with one attached hydrogen (secondary N) is 3. The number of carbonyl (C=O) groups excluding carboxylic acids is 6. The molecule has 12 aromatic rings. The largest absolute Gasteiger partial charge is 0.434 e. The number of aromatic nitrogens is 15. The molecule has 27 nitrogen and oxygen atoms in total. The molecule has 9 heterocycles. The van der Waals surface area contributed by atoms with Gasteiger partial charge in [-0.1, -0.05) is 34.8 Å². The summed E-state index contributed by atoms with van der Waals surface area (Å²) in [4.78, 5) is 88.9. The van der Waals surface area contributed by atoms with E-state index in [4.69, 9.17) is 34.8 Å². The molecule has 0 spiro atoms. The third-order valence-electron chi connectivity index (χ3n) is 16.5. The predicted molar refractivity (Wildman–Crippen MR) is 354 cm³/mol. The first-order chi connectivity index (χ1) is 49.2. The van der Waals surface area contributed by atoms with Crippen molar-refractivity contribution in [1.29, 1.82) is 0 Å². The molecule has 0 radical (unpaired) electrons. The van der Waals surface area contributed by atoms with E-state index in [1.54, 1.807) is 36.8 Å². The fraction of sp³-hybridized carbons (Fsp3) is 0.227. The summed E-state index contributed by atoms with van der Waals surface area (Å²) < 4.78 is 101. The van der Waals surface area contributed by atoms with E-state index >= 15 is 0 Å². The van der Waals surface area contributed by atoms with E-state index in [0.717, 1.165) is 0 Å². The molecule has 3 atom stereocenters. The lowest BCUT2D eigenvalue weighted by Crippen LogP contribution is -2.14. The Kier molecular flexibility index (Phi) is 20.1. The Morgan fingerprint density at radius 1 is 0.441 bits per heavy atom. The lowest BCUT2D eigenvalue weighted by Gasteiger charge is -2.11. The van der Waals surface area contributed by atoms with Gasteiger partial charge in [0, 0.05) is 88.2 Å². The van der Waals surface area contributed by atoms with Crippen molar-refractivity contribution in [3.8, 4) is 51.0 Å². The van der Waals surface area contributed by atoms with E-state index < -0.39 is 55.7 Å². The molecular formula is C66H51Cl3F6N18O9.